The maximum atomic E-state index is 4.62. The molecule has 0 amide bonds. The first kappa shape index (κ1) is 11.5. The predicted molar refractivity (Wildman–Crippen MR) is 74.2 cm³/mol. The molecular formula is C13H13BrN4. The smallest absolute Gasteiger partial charge is 0.254 e. The molecule has 0 radical (unpaired) electrons. The van der Waals surface area contributed by atoms with E-state index in [0.29, 0.717) is 0 Å². The van der Waals surface area contributed by atoms with Crippen LogP contribution in [0, 0.1) is 20.8 Å². The van der Waals surface area contributed by atoms with Gasteiger partial charge in [0, 0.05) is 27.6 Å². The van der Waals surface area contributed by atoms with Crippen LogP contribution in [-0.2, 0) is 0 Å². The third kappa shape index (κ3) is 1.58. The van der Waals surface area contributed by atoms with Crippen LogP contribution in [0.5, 0.6) is 0 Å². The van der Waals surface area contributed by atoms with E-state index in [4.69, 9.17) is 0 Å². The summed E-state index contributed by atoms with van der Waals surface area (Å²) in [5.41, 5.74) is 4.26. The fraction of sp³-hybridized carbons (Fsp3) is 0.231. The predicted octanol–water partition coefficient (Wildman–Crippen LogP) is 3.21. The van der Waals surface area contributed by atoms with Gasteiger partial charge in [-0.1, -0.05) is 15.9 Å². The van der Waals surface area contributed by atoms with Gasteiger partial charge in [0.1, 0.15) is 0 Å². The van der Waals surface area contributed by atoms with Gasteiger partial charge in [0.15, 0.2) is 5.65 Å². The minimum absolute atomic E-state index is 0.719. The van der Waals surface area contributed by atoms with E-state index in [0.717, 1.165) is 33.0 Å². The van der Waals surface area contributed by atoms with E-state index in [9.17, 15) is 0 Å². The van der Waals surface area contributed by atoms with Crippen molar-refractivity contribution >= 4 is 21.6 Å². The molecule has 0 aliphatic carbocycles. The molecule has 0 N–H and O–H groups in total. The van der Waals surface area contributed by atoms with E-state index >= 15 is 0 Å². The summed E-state index contributed by atoms with van der Waals surface area (Å²) >= 11 is 3.52. The molecule has 18 heavy (non-hydrogen) atoms. The van der Waals surface area contributed by atoms with E-state index in [1.807, 2.05) is 23.7 Å². The number of hydrogen-bond donors (Lipinski definition) is 0. The molecule has 0 aliphatic heterocycles. The van der Waals surface area contributed by atoms with Crippen molar-refractivity contribution in [2.75, 3.05) is 0 Å². The van der Waals surface area contributed by atoms with Crippen LogP contribution in [0.1, 0.15) is 17.0 Å². The number of fused-ring (bicyclic) bond motifs is 1. The molecule has 0 atom stereocenters. The van der Waals surface area contributed by atoms with Gasteiger partial charge in [0.05, 0.1) is 0 Å². The van der Waals surface area contributed by atoms with Crippen molar-refractivity contribution in [1.29, 1.82) is 0 Å². The van der Waals surface area contributed by atoms with Crippen LogP contribution in [0.4, 0.5) is 0 Å². The zero-order chi connectivity index (χ0) is 12.9. The van der Waals surface area contributed by atoms with E-state index in [1.165, 1.54) is 0 Å². The number of hydrogen-bond acceptors (Lipinski definition) is 2. The zero-order valence-corrected chi connectivity index (χ0v) is 12.1. The van der Waals surface area contributed by atoms with Crippen molar-refractivity contribution in [3.05, 3.63) is 45.8 Å². The Morgan fingerprint density at radius 1 is 1.06 bits per heavy atom. The number of rotatable bonds is 1. The highest BCUT2D eigenvalue weighted by molar-refractivity contribution is 9.10. The van der Waals surface area contributed by atoms with Crippen molar-refractivity contribution in [1.82, 2.24) is 19.2 Å². The SMILES string of the molecule is Cc1c(Br)ccn2nc(-n3c(C)ccc3C)nc12. The van der Waals surface area contributed by atoms with Gasteiger partial charge < -0.3 is 0 Å². The lowest BCUT2D eigenvalue weighted by molar-refractivity contribution is 0.850. The number of aryl methyl sites for hydroxylation is 3. The molecule has 92 valence electrons. The monoisotopic (exact) mass is 304 g/mol. The fourth-order valence-corrected chi connectivity index (χ4v) is 2.41. The summed E-state index contributed by atoms with van der Waals surface area (Å²) in [4.78, 5) is 4.62. The molecule has 4 nitrogen and oxygen atoms in total. The Kier molecular flexibility index (Phi) is 2.52. The Hall–Kier alpha value is -1.62. The Morgan fingerprint density at radius 3 is 2.39 bits per heavy atom. The lowest BCUT2D eigenvalue weighted by Crippen LogP contribution is -2.01. The fourth-order valence-electron chi connectivity index (χ4n) is 2.12. The van der Waals surface area contributed by atoms with E-state index in [2.05, 4.69) is 56.6 Å². The molecule has 0 bridgehead atoms. The van der Waals surface area contributed by atoms with E-state index in [1.54, 1.807) is 0 Å². The largest absolute Gasteiger partial charge is 0.286 e. The summed E-state index contributed by atoms with van der Waals surface area (Å²) < 4.78 is 4.92. The van der Waals surface area contributed by atoms with Crippen LogP contribution in [0.15, 0.2) is 28.9 Å². The normalized spacial score (nSPS) is 11.3. The Morgan fingerprint density at radius 2 is 1.72 bits per heavy atom. The molecule has 0 fully saturated rings. The molecule has 0 saturated heterocycles. The zero-order valence-electron chi connectivity index (χ0n) is 10.5. The lowest BCUT2D eigenvalue weighted by Gasteiger charge is -2.01. The minimum Gasteiger partial charge on any atom is -0.286 e. The summed E-state index contributed by atoms with van der Waals surface area (Å²) in [6.07, 6.45) is 1.91. The van der Waals surface area contributed by atoms with Gasteiger partial charge in [-0.05, 0) is 39.0 Å². The van der Waals surface area contributed by atoms with Crippen molar-refractivity contribution in [2.24, 2.45) is 0 Å². The van der Waals surface area contributed by atoms with Gasteiger partial charge >= 0.3 is 0 Å². The Labute approximate surface area is 113 Å². The second kappa shape index (κ2) is 3.95. The third-order valence-electron chi connectivity index (χ3n) is 3.15. The molecule has 0 saturated carbocycles. The van der Waals surface area contributed by atoms with Crippen LogP contribution < -0.4 is 0 Å². The van der Waals surface area contributed by atoms with Crippen LogP contribution in [0.2, 0.25) is 0 Å². The summed E-state index contributed by atoms with van der Waals surface area (Å²) in [5, 5.41) is 4.53. The molecule has 3 rings (SSSR count). The van der Waals surface area contributed by atoms with Crippen molar-refractivity contribution < 1.29 is 0 Å². The van der Waals surface area contributed by atoms with Gasteiger partial charge in [0.25, 0.3) is 5.95 Å². The first-order chi connectivity index (χ1) is 8.58. The topological polar surface area (TPSA) is 35.1 Å². The summed E-state index contributed by atoms with van der Waals surface area (Å²) in [5.74, 6) is 0.719. The molecule has 3 heterocycles. The van der Waals surface area contributed by atoms with Crippen LogP contribution in [0.3, 0.4) is 0 Å². The number of pyridine rings is 1. The summed E-state index contributed by atoms with van der Waals surface area (Å²) in [6, 6.07) is 6.13. The highest BCUT2D eigenvalue weighted by atomic mass is 79.9. The van der Waals surface area contributed by atoms with E-state index < -0.39 is 0 Å². The summed E-state index contributed by atoms with van der Waals surface area (Å²) in [6.45, 7) is 6.15. The highest BCUT2D eigenvalue weighted by Gasteiger charge is 2.12. The van der Waals surface area contributed by atoms with Gasteiger partial charge in [-0.25, -0.2) is 4.52 Å². The average Bonchev–Trinajstić information content (AvgIpc) is 2.88. The quantitative estimate of drug-likeness (QED) is 0.692. The Bertz CT molecular complexity index is 719. The van der Waals surface area contributed by atoms with E-state index in [-0.39, 0.29) is 0 Å². The molecule has 0 aromatic carbocycles. The van der Waals surface area contributed by atoms with Crippen molar-refractivity contribution in [3.8, 4) is 5.95 Å². The average molecular weight is 305 g/mol. The molecule has 3 aromatic rings. The number of nitrogens with zero attached hydrogens (tertiary/aromatic N) is 4. The second-order valence-electron chi connectivity index (χ2n) is 4.42. The minimum atomic E-state index is 0.719. The second-order valence-corrected chi connectivity index (χ2v) is 5.27. The third-order valence-corrected chi connectivity index (χ3v) is 4.01. The molecular weight excluding hydrogens is 292 g/mol. The molecule has 0 spiro atoms. The van der Waals surface area contributed by atoms with Crippen LogP contribution in [-0.4, -0.2) is 19.2 Å². The van der Waals surface area contributed by atoms with Gasteiger partial charge in [-0.15, -0.1) is 5.10 Å². The van der Waals surface area contributed by atoms with Gasteiger partial charge in [-0.3, -0.25) is 4.57 Å². The van der Waals surface area contributed by atoms with Crippen LogP contribution >= 0.6 is 15.9 Å². The lowest BCUT2D eigenvalue weighted by atomic mass is 10.3. The highest BCUT2D eigenvalue weighted by Crippen LogP contribution is 2.21. The molecule has 0 aliphatic rings. The summed E-state index contributed by atoms with van der Waals surface area (Å²) in [7, 11) is 0. The number of halogens is 1. The standard InChI is InChI=1S/C13H13BrN4/c1-8-4-5-9(2)18(8)13-15-12-10(3)11(14)6-7-17(12)16-13/h4-7H,1-3H3. The van der Waals surface area contributed by atoms with Crippen LogP contribution in [0.25, 0.3) is 11.6 Å². The first-order valence-electron chi connectivity index (χ1n) is 5.75. The van der Waals surface area contributed by atoms with Gasteiger partial charge in [0.2, 0.25) is 0 Å². The molecule has 3 aromatic heterocycles. The Balaban J connectivity index is 2.29. The maximum Gasteiger partial charge on any atom is 0.254 e. The number of aromatic nitrogens is 4. The van der Waals surface area contributed by atoms with Gasteiger partial charge in [-0.2, -0.15) is 4.98 Å². The molecule has 0 unspecified atom stereocenters. The first-order valence-corrected chi connectivity index (χ1v) is 6.54. The van der Waals surface area contributed by atoms with Crippen molar-refractivity contribution in [3.63, 3.8) is 0 Å². The van der Waals surface area contributed by atoms with Crippen molar-refractivity contribution in [2.45, 2.75) is 20.8 Å². The maximum absolute atomic E-state index is 4.62. The molecule has 5 heteroatoms.